The van der Waals surface area contributed by atoms with E-state index in [4.69, 9.17) is 19.4 Å². The maximum absolute atomic E-state index is 6.29. The summed E-state index contributed by atoms with van der Waals surface area (Å²) in [4.78, 5) is 15.8. The average molecular weight is 682 g/mol. The van der Waals surface area contributed by atoms with E-state index in [2.05, 4.69) is 121 Å². The van der Waals surface area contributed by atoms with Gasteiger partial charge in [0.15, 0.2) is 5.82 Å². The summed E-state index contributed by atoms with van der Waals surface area (Å²) in [6.07, 6.45) is 0. The van der Waals surface area contributed by atoms with E-state index in [9.17, 15) is 0 Å². The van der Waals surface area contributed by atoms with Gasteiger partial charge < -0.3 is 4.42 Å². The third kappa shape index (κ3) is 4.43. The fourth-order valence-electron chi connectivity index (χ4n) is 7.76. The molecule has 0 spiro atoms. The highest BCUT2D eigenvalue weighted by atomic mass is 32.1. The lowest BCUT2D eigenvalue weighted by Crippen LogP contribution is -1.97. The molecular weight excluding hydrogens is 655 g/mol. The Balaban J connectivity index is 1.18. The molecule has 4 aromatic heterocycles. The minimum atomic E-state index is 0.675. The molecule has 0 aliphatic carbocycles. The number of aromatic nitrogens is 3. The highest BCUT2D eigenvalue weighted by Gasteiger charge is 2.21. The van der Waals surface area contributed by atoms with Crippen molar-refractivity contribution in [1.29, 1.82) is 0 Å². The van der Waals surface area contributed by atoms with E-state index in [-0.39, 0.29) is 0 Å². The summed E-state index contributed by atoms with van der Waals surface area (Å²) in [5.74, 6) is 0.675. The van der Waals surface area contributed by atoms with Crippen molar-refractivity contribution >= 4 is 75.1 Å². The molecule has 5 heteroatoms. The smallest absolute Gasteiger partial charge is 0.160 e. The Morgan fingerprint density at radius 3 is 1.90 bits per heavy atom. The normalized spacial score (nSPS) is 11.8. The molecule has 0 saturated carbocycles. The first-order chi connectivity index (χ1) is 25.8. The number of thiophene rings is 1. The molecule has 0 amide bonds. The molecule has 0 aliphatic heterocycles. The van der Waals surface area contributed by atoms with Gasteiger partial charge in [0.2, 0.25) is 0 Å². The van der Waals surface area contributed by atoms with E-state index in [0.717, 1.165) is 77.6 Å². The molecule has 0 bridgehead atoms. The fourth-order valence-corrected chi connectivity index (χ4v) is 9.00. The standard InChI is InChI=1S/C47H27N3OS/c1-2-13-28(14-3-1)47-49-38(27-39(50-47)33-20-12-23-41-43(33)35-18-7-10-22-40(35)51-41)31-25-26-32(30-16-5-4-15-29(30)31)45-44-36-19-8-11-24-42(36)52-46(44)34-17-6-9-21-37(34)48-45/h1-27H. The summed E-state index contributed by atoms with van der Waals surface area (Å²) < 4.78 is 8.82. The zero-order valence-corrected chi connectivity index (χ0v) is 28.6. The predicted molar refractivity (Wildman–Crippen MR) is 217 cm³/mol. The van der Waals surface area contributed by atoms with Gasteiger partial charge in [-0.1, -0.05) is 133 Å². The van der Waals surface area contributed by atoms with Crippen molar-refractivity contribution in [1.82, 2.24) is 15.0 Å². The van der Waals surface area contributed by atoms with E-state index >= 15 is 0 Å². The van der Waals surface area contributed by atoms with Crippen molar-refractivity contribution in [3.8, 4) is 45.2 Å². The Labute approximate surface area is 302 Å². The lowest BCUT2D eigenvalue weighted by Gasteiger charge is -2.15. The van der Waals surface area contributed by atoms with E-state index in [1.165, 1.54) is 25.6 Å². The van der Waals surface area contributed by atoms with Gasteiger partial charge >= 0.3 is 0 Å². The topological polar surface area (TPSA) is 51.8 Å². The van der Waals surface area contributed by atoms with Gasteiger partial charge in [-0.2, -0.15) is 0 Å². The number of furan rings is 1. The summed E-state index contributed by atoms with van der Waals surface area (Å²) in [5.41, 5.74) is 9.51. The molecule has 0 saturated heterocycles. The third-order valence-electron chi connectivity index (χ3n) is 10.1. The quantitative estimate of drug-likeness (QED) is 0.185. The van der Waals surface area contributed by atoms with E-state index < -0.39 is 0 Å². The van der Waals surface area contributed by atoms with Crippen LogP contribution in [-0.2, 0) is 0 Å². The highest BCUT2D eigenvalue weighted by molar-refractivity contribution is 7.26. The van der Waals surface area contributed by atoms with Gasteiger partial charge in [-0.15, -0.1) is 11.3 Å². The minimum Gasteiger partial charge on any atom is -0.456 e. The van der Waals surface area contributed by atoms with Crippen LogP contribution < -0.4 is 0 Å². The Bertz CT molecular complexity index is 3200. The molecule has 52 heavy (non-hydrogen) atoms. The fraction of sp³-hybridized carbons (Fsp3) is 0. The number of nitrogens with zero attached hydrogens (tertiary/aromatic N) is 3. The Morgan fingerprint density at radius 1 is 0.423 bits per heavy atom. The van der Waals surface area contributed by atoms with Crippen LogP contribution in [0.5, 0.6) is 0 Å². The zero-order chi connectivity index (χ0) is 34.2. The number of hydrogen-bond donors (Lipinski definition) is 0. The van der Waals surface area contributed by atoms with Crippen molar-refractivity contribution in [2.75, 3.05) is 0 Å². The van der Waals surface area contributed by atoms with Crippen molar-refractivity contribution in [3.63, 3.8) is 0 Å². The summed E-state index contributed by atoms with van der Waals surface area (Å²) in [6.45, 7) is 0. The summed E-state index contributed by atoms with van der Waals surface area (Å²) in [5, 5.41) is 7.98. The second-order valence-corrected chi connectivity index (χ2v) is 14.1. The molecule has 0 unspecified atom stereocenters. The summed E-state index contributed by atoms with van der Waals surface area (Å²) >= 11 is 1.84. The van der Waals surface area contributed by atoms with Crippen LogP contribution >= 0.6 is 11.3 Å². The number of para-hydroxylation sites is 2. The van der Waals surface area contributed by atoms with E-state index in [1.54, 1.807) is 0 Å². The Morgan fingerprint density at radius 2 is 1.06 bits per heavy atom. The van der Waals surface area contributed by atoms with Gasteiger partial charge in [-0.3, -0.25) is 0 Å². The second-order valence-electron chi connectivity index (χ2n) is 13.1. The number of hydrogen-bond acceptors (Lipinski definition) is 5. The van der Waals surface area contributed by atoms with Crippen LogP contribution in [0, 0.1) is 0 Å². The zero-order valence-electron chi connectivity index (χ0n) is 27.7. The van der Waals surface area contributed by atoms with Gasteiger partial charge in [0, 0.05) is 58.6 Å². The first kappa shape index (κ1) is 29.1. The van der Waals surface area contributed by atoms with Gasteiger partial charge in [-0.05, 0) is 41.1 Å². The lowest BCUT2D eigenvalue weighted by molar-refractivity contribution is 0.669. The van der Waals surface area contributed by atoms with Crippen LogP contribution in [0.4, 0.5) is 0 Å². The number of pyridine rings is 1. The average Bonchev–Trinajstić information content (AvgIpc) is 3.80. The molecule has 0 atom stereocenters. The minimum absolute atomic E-state index is 0.675. The van der Waals surface area contributed by atoms with Crippen LogP contribution in [0.2, 0.25) is 0 Å². The van der Waals surface area contributed by atoms with Crippen LogP contribution in [0.3, 0.4) is 0 Å². The number of fused-ring (bicyclic) bond motifs is 9. The number of rotatable bonds is 4. The molecule has 0 radical (unpaired) electrons. The molecule has 4 heterocycles. The van der Waals surface area contributed by atoms with E-state index in [0.29, 0.717) is 5.82 Å². The maximum atomic E-state index is 6.29. The van der Waals surface area contributed by atoms with Gasteiger partial charge in [0.1, 0.15) is 11.2 Å². The molecular formula is C47H27N3OS. The molecule has 11 rings (SSSR count). The van der Waals surface area contributed by atoms with Crippen molar-refractivity contribution < 1.29 is 4.42 Å². The highest BCUT2D eigenvalue weighted by Crippen LogP contribution is 2.45. The molecule has 0 fully saturated rings. The van der Waals surface area contributed by atoms with Gasteiger partial charge in [-0.25, -0.2) is 15.0 Å². The first-order valence-electron chi connectivity index (χ1n) is 17.4. The summed E-state index contributed by atoms with van der Waals surface area (Å²) in [7, 11) is 0. The Hall–Kier alpha value is -6.69. The van der Waals surface area contributed by atoms with Crippen LogP contribution in [0.25, 0.3) is 109 Å². The molecule has 0 aliphatic rings. The molecule has 4 nitrogen and oxygen atoms in total. The Kier molecular flexibility index (Phi) is 6.39. The molecule has 242 valence electrons. The van der Waals surface area contributed by atoms with Gasteiger partial charge in [0.05, 0.1) is 22.6 Å². The van der Waals surface area contributed by atoms with Crippen molar-refractivity contribution in [3.05, 3.63) is 164 Å². The van der Waals surface area contributed by atoms with Crippen LogP contribution in [0.1, 0.15) is 0 Å². The second kappa shape index (κ2) is 11.4. The summed E-state index contributed by atoms with van der Waals surface area (Å²) in [6, 6.07) is 57.0. The molecule has 11 aromatic rings. The van der Waals surface area contributed by atoms with Crippen molar-refractivity contribution in [2.45, 2.75) is 0 Å². The predicted octanol–water partition coefficient (Wildman–Crippen LogP) is 13.1. The van der Waals surface area contributed by atoms with Gasteiger partial charge in [0.25, 0.3) is 0 Å². The molecule has 7 aromatic carbocycles. The van der Waals surface area contributed by atoms with E-state index in [1.807, 2.05) is 53.8 Å². The third-order valence-corrected chi connectivity index (χ3v) is 11.3. The van der Waals surface area contributed by atoms with Crippen LogP contribution in [0.15, 0.2) is 168 Å². The monoisotopic (exact) mass is 681 g/mol. The molecule has 0 N–H and O–H groups in total. The van der Waals surface area contributed by atoms with Crippen molar-refractivity contribution in [2.24, 2.45) is 0 Å². The largest absolute Gasteiger partial charge is 0.456 e. The lowest BCUT2D eigenvalue weighted by atomic mass is 9.93. The first-order valence-corrected chi connectivity index (χ1v) is 18.2. The maximum Gasteiger partial charge on any atom is 0.160 e. The SMILES string of the molecule is c1ccc(-c2nc(-c3ccc(-c4nc5ccccc5c5sc6ccccc6c45)c4ccccc34)cc(-c3cccc4oc5ccccc5c34)n2)cc1. The number of benzene rings is 7. The van der Waals surface area contributed by atoms with Crippen LogP contribution in [-0.4, -0.2) is 15.0 Å².